The maximum absolute atomic E-state index is 13.7. The minimum absolute atomic E-state index is 0.0413. The highest BCUT2D eigenvalue weighted by Gasteiger charge is 2.39. The summed E-state index contributed by atoms with van der Waals surface area (Å²) in [5, 5.41) is 13.4. The summed E-state index contributed by atoms with van der Waals surface area (Å²) in [7, 11) is 0. The van der Waals surface area contributed by atoms with Crippen molar-refractivity contribution < 1.29 is 41.0 Å². The van der Waals surface area contributed by atoms with Gasteiger partial charge in [-0.15, -0.1) is 0 Å². The number of benzene rings is 3. The first-order valence-electron chi connectivity index (χ1n) is 14.5. The van der Waals surface area contributed by atoms with Crippen LogP contribution in [0.4, 0.5) is 26.3 Å². The van der Waals surface area contributed by atoms with Gasteiger partial charge in [0.25, 0.3) is 5.91 Å². The molecule has 4 rings (SSSR count). The van der Waals surface area contributed by atoms with Crippen LogP contribution in [-0.4, -0.2) is 21.6 Å². The summed E-state index contributed by atoms with van der Waals surface area (Å²) in [6.07, 6.45) is -6.66. The van der Waals surface area contributed by atoms with Crippen LogP contribution in [0.25, 0.3) is 23.3 Å². The lowest BCUT2D eigenvalue weighted by Crippen LogP contribution is -2.33. The molecule has 1 aromatic heterocycles. The Morgan fingerprint density at radius 1 is 0.957 bits per heavy atom. The van der Waals surface area contributed by atoms with Crippen molar-refractivity contribution in [2.24, 2.45) is 0 Å². The monoisotopic (exact) mass is 654 g/mol. The molecule has 0 aliphatic rings. The van der Waals surface area contributed by atoms with Gasteiger partial charge in [0, 0.05) is 28.4 Å². The summed E-state index contributed by atoms with van der Waals surface area (Å²) in [5.74, 6) is -1.81. The van der Waals surface area contributed by atoms with Gasteiger partial charge in [-0.2, -0.15) is 26.3 Å². The SMILES string of the molecule is C=C(C=c1c(C)c(C)n(Cc2ccc(-c3ccccc3C(=O)O)cc2)c1=CC)C(=O)NC(C)c1ccc(C(F)(F)F)cc1C(F)(F)F. The standard InChI is InChI=1S/C36H32F6N2O3/c1-6-32-30(17-20(2)33(45)43-22(4)27-16-15-26(35(37,38)39)18-31(27)36(40,41)42)21(3)23(5)44(32)19-24-11-13-25(14-12-24)28-9-7-8-10-29(28)34(46)47/h6-18,22H,2,19H2,1,3-5H3,(H,43,45)(H,46,47). The molecule has 0 bridgehead atoms. The minimum atomic E-state index is -5.08. The number of carboxylic acids is 1. The predicted molar refractivity (Wildman–Crippen MR) is 168 cm³/mol. The Hall–Kier alpha value is -5.06. The molecule has 4 aromatic rings. The molecule has 1 heterocycles. The summed E-state index contributed by atoms with van der Waals surface area (Å²) in [5.41, 5.74) is 0.711. The topological polar surface area (TPSA) is 71.3 Å². The highest BCUT2D eigenvalue weighted by molar-refractivity contribution is 6.01. The van der Waals surface area contributed by atoms with E-state index in [9.17, 15) is 41.0 Å². The second-order valence-corrected chi connectivity index (χ2v) is 11.1. The molecule has 47 heavy (non-hydrogen) atoms. The molecule has 3 aromatic carbocycles. The third-order valence-electron chi connectivity index (χ3n) is 8.07. The van der Waals surface area contributed by atoms with Crippen LogP contribution in [0.3, 0.4) is 0 Å². The molecule has 0 aliphatic heterocycles. The van der Waals surface area contributed by atoms with Gasteiger partial charge in [-0.1, -0.05) is 61.2 Å². The number of rotatable bonds is 8. The van der Waals surface area contributed by atoms with Gasteiger partial charge in [-0.05, 0) is 79.8 Å². The van der Waals surface area contributed by atoms with Crippen molar-refractivity contribution in [2.75, 3.05) is 0 Å². The predicted octanol–water partition coefficient (Wildman–Crippen LogP) is 7.57. The quantitative estimate of drug-likeness (QED) is 0.152. The van der Waals surface area contributed by atoms with Crippen molar-refractivity contribution in [3.05, 3.63) is 129 Å². The lowest BCUT2D eigenvalue weighted by Gasteiger charge is -2.21. The second-order valence-electron chi connectivity index (χ2n) is 11.1. The van der Waals surface area contributed by atoms with Crippen molar-refractivity contribution in [3.8, 4) is 11.1 Å². The van der Waals surface area contributed by atoms with Crippen LogP contribution >= 0.6 is 0 Å². The van der Waals surface area contributed by atoms with Crippen LogP contribution in [0.1, 0.15) is 63.8 Å². The third kappa shape index (κ3) is 7.51. The molecule has 1 atom stereocenters. The van der Waals surface area contributed by atoms with E-state index in [-0.39, 0.29) is 17.2 Å². The molecular formula is C36H32F6N2O3. The van der Waals surface area contributed by atoms with Gasteiger partial charge in [0.05, 0.1) is 22.7 Å². The lowest BCUT2D eigenvalue weighted by molar-refractivity contribution is -0.143. The molecule has 0 spiro atoms. The Kier molecular flexibility index (Phi) is 9.89. The number of nitrogens with one attached hydrogen (secondary N) is 1. The van der Waals surface area contributed by atoms with E-state index in [1.807, 2.05) is 55.7 Å². The molecule has 5 nitrogen and oxygen atoms in total. The van der Waals surface area contributed by atoms with Crippen molar-refractivity contribution in [3.63, 3.8) is 0 Å². The van der Waals surface area contributed by atoms with Crippen LogP contribution < -0.4 is 15.9 Å². The fourth-order valence-electron chi connectivity index (χ4n) is 5.47. The smallest absolute Gasteiger partial charge is 0.416 e. The van der Waals surface area contributed by atoms with E-state index in [2.05, 4.69) is 11.9 Å². The number of carbonyl (C=O) groups excluding carboxylic acids is 1. The van der Waals surface area contributed by atoms with Crippen LogP contribution in [0.2, 0.25) is 0 Å². The fourth-order valence-corrected chi connectivity index (χ4v) is 5.47. The number of hydrogen-bond donors (Lipinski definition) is 2. The Morgan fingerprint density at radius 3 is 2.17 bits per heavy atom. The van der Waals surface area contributed by atoms with Gasteiger partial charge in [0.15, 0.2) is 0 Å². The minimum Gasteiger partial charge on any atom is -0.478 e. The first kappa shape index (κ1) is 34.8. The van der Waals surface area contributed by atoms with Crippen LogP contribution in [0.5, 0.6) is 0 Å². The largest absolute Gasteiger partial charge is 0.478 e. The van der Waals surface area contributed by atoms with Gasteiger partial charge in [-0.3, -0.25) is 4.79 Å². The average molecular weight is 655 g/mol. The Labute approximate surface area is 267 Å². The summed E-state index contributed by atoms with van der Waals surface area (Å²) in [6, 6.07) is 14.2. The number of aromatic carboxylic acids is 1. The van der Waals surface area contributed by atoms with Gasteiger partial charge in [0.2, 0.25) is 0 Å². The van der Waals surface area contributed by atoms with E-state index in [0.717, 1.165) is 33.8 Å². The molecule has 0 aliphatic carbocycles. The van der Waals surface area contributed by atoms with E-state index in [1.54, 1.807) is 24.3 Å². The summed E-state index contributed by atoms with van der Waals surface area (Å²) < 4.78 is 82.4. The van der Waals surface area contributed by atoms with Crippen molar-refractivity contribution >= 4 is 24.0 Å². The number of halogens is 6. The molecule has 1 amide bonds. The van der Waals surface area contributed by atoms with E-state index in [1.165, 1.54) is 13.0 Å². The van der Waals surface area contributed by atoms with Crippen LogP contribution in [0.15, 0.2) is 78.9 Å². The number of nitrogens with zero attached hydrogens (tertiary/aromatic N) is 1. The van der Waals surface area contributed by atoms with Gasteiger partial charge >= 0.3 is 18.3 Å². The maximum atomic E-state index is 13.7. The summed E-state index contributed by atoms with van der Waals surface area (Å²) in [4.78, 5) is 24.7. The molecule has 246 valence electrons. The summed E-state index contributed by atoms with van der Waals surface area (Å²) in [6.45, 7) is 11.1. The zero-order valence-corrected chi connectivity index (χ0v) is 26.0. The molecule has 0 saturated carbocycles. The number of amides is 1. The maximum Gasteiger partial charge on any atom is 0.416 e. The molecule has 0 fully saturated rings. The Morgan fingerprint density at radius 2 is 1.60 bits per heavy atom. The molecule has 0 saturated heterocycles. The van der Waals surface area contributed by atoms with E-state index in [4.69, 9.17) is 0 Å². The van der Waals surface area contributed by atoms with Crippen LogP contribution in [-0.2, 0) is 23.7 Å². The number of alkyl halides is 6. The number of hydrogen-bond acceptors (Lipinski definition) is 2. The first-order valence-corrected chi connectivity index (χ1v) is 14.5. The van der Waals surface area contributed by atoms with Crippen molar-refractivity contribution in [1.29, 1.82) is 0 Å². The molecular weight excluding hydrogens is 622 g/mol. The highest BCUT2D eigenvalue weighted by Crippen LogP contribution is 2.39. The van der Waals surface area contributed by atoms with Gasteiger partial charge in [0.1, 0.15) is 0 Å². The third-order valence-corrected chi connectivity index (χ3v) is 8.07. The second kappa shape index (κ2) is 13.4. The Balaban J connectivity index is 1.60. The van der Waals surface area contributed by atoms with Gasteiger partial charge in [-0.25, -0.2) is 4.79 Å². The zero-order valence-electron chi connectivity index (χ0n) is 26.0. The Bertz CT molecular complexity index is 1970. The van der Waals surface area contributed by atoms with Gasteiger partial charge < -0.3 is 15.0 Å². The number of aromatic nitrogens is 1. The molecule has 11 heteroatoms. The highest BCUT2D eigenvalue weighted by atomic mass is 19.4. The normalized spacial score (nSPS) is 13.5. The first-order chi connectivity index (χ1) is 21.9. The van der Waals surface area contributed by atoms with E-state index >= 15 is 0 Å². The summed E-state index contributed by atoms with van der Waals surface area (Å²) >= 11 is 0. The fraction of sp³-hybridized carbons (Fsp3) is 0.222. The van der Waals surface area contributed by atoms with Crippen LogP contribution in [0, 0.1) is 13.8 Å². The van der Waals surface area contributed by atoms with Crippen molar-refractivity contribution in [1.82, 2.24) is 9.88 Å². The lowest BCUT2D eigenvalue weighted by atomic mass is 9.97. The molecule has 2 N–H and O–H groups in total. The molecule has 0 radical (unpaired) electrons. The number of carboxylic acid groups (broad SMARTS) is 1. The zero-order chi connectivity index (χ0) is 34.8. The average Bonchev–Trinajstić information content (AvgIpc) is 3.23. The van der Waals surface area contributed by atoms with E-state index in [0.29, 0.717) is 23.4 Å². The molecule has 1 unspecified atom stereocenters. The van der Waals surface area contributed by atoms with Crippen molar-refractivity contribution in [2.45, 2.75) is 52.6 Å². The van der Waals surface area contributed by atoms with E-state index < -0.39 is 47.0 Å². The number of carbonyl (C=O) groups is 2.